The Kier molecular flexibility index (Phi) is 19.8. The Morgan fingerprint density at radius 2 is 0.596 bits per heavy atom. The molecule has 0 aliphatic carbocycles. The number of rotatable bonds is 7. The van der Waals surface area contributed by atoms with E-state index in [0.717, 1.165) is 99.4 Å². The van der Waals surface area contributed by atoms with Gasteiger partial charge in [0.1, 0.15) is 10.3 Å². The molecule has 0 amide bonds. The lowest BCUT2D eigenvalue weighted by atomic mass is 9.49. The minimum Gasteiger partial charge on any atom is -0.405 e. The standard InChI is InChI=1S/C27H18N4.C17H19BN2O2.C16H11BrN2.C12H24B2O4.C11H7BrN2/c1-3-9-19(10-4-1)23-18-24(20-11-5-2-6-12-20)29-27(28-23)25-17-22-16-15-21-13-7-8-14-26(21)31(22)30-25;1-16(2)17(3,4)22-18(21-16)15-11-13-10-9-12-7-5-6-8-14(12)20(13)19-15;17-16-18-14(12-7-3-1-4-8-12)11-15(19-16)13-9-5-2-6-10-13;1-9(2)10(3,4)16-13(15-9)14-17-11(5,6)12(7,8)18-14;12-11-7-9-6-5-8-3-1-2-4-10(8)14(9)13-11/h1-18H;5-11H,1-4H3;1-11H;1-8H3;1-7H. The average Bonchev–Trinajstić information content (AvgIpc) is 1.60. The van der Waals surface area contributed by atoms with Crippen molar-refractivity contribution in [3.8, 4) is 56.5 Å². The number of para-hydroxylation sites is 3. The van der Waals surface area contributed by atoms with E-state index in [9.17, 15) is 0 Å². The Labute approximate surface area is 623 Å². The van der Waals surface area contributed by atoms with Crippen LogP contribution in [0.15, 0.2) is 270 Å². The first-order valence-electron chi connectivity index (χ1n) is 34.8. The maximum Gasteiger partial charge on any atom is 0.516 e. The summed E-state index contributed by atoms with van der Waals surface area (Å²) in [6.45, 7) is 24.4. The normalized spacial score (nSPS) is 16.5. The van der Waals surface area contributed by atoms with Gasteiger partial charge in [-0.3, -0.25) is 0 Å². The smallest absolute Gasteiger partial charge is 0.405 e. The van der Waals surface area contributed by atoms with Crippen molar-refractivity contribution in [3.63, 3.8) is 0 Å². The number of fused-ring (bicyclic) bond motifs is 9. The maximum atomic E-state index is 6.09. The van der Waals surface area contributed by atoms with Gasteiger partial charge < -0.3 is 27.9 Å². The van der Waals surface area contributed by atoms with Crippen molar-refractivity contribution in [2.75, 3.05) is 0 Å². The fourth-order valence-corrected chi connectivity index (χ4v) is 13.1. The summed E-state index contributed by atoms with van der Waals surface area (Å²) in [5, 5.41) is 17.5. The molecular formula is C83H79B3Br2N10O6. The summed E-state index contributed by atoms with van der Waals surface area (Å²) in [4.78, 5) is 18.6. The number of benzene rings is 7. The fourth-order valence-electron chi connectivity index (χ4n) is 12.3. The third kappa shape index (κ3) is 15.0. The first-order valence-corrected chi connectivity index (χ1v) is 36.4. The van der Waals surface area contributed by atoms with Gasteiger partial charge in [0.05, 0.1) is 95.1 Å². The summed E-state index contributed by atoms with van der Waals surface area (Å²) < 4.78 is 43.4. The summed E-state index contributed by atoms with van der Waals surface area (Å²) in [5.41, 5.74) is 13.8. The van der Waals surface area contributed by atoms with Crippen molar-refractivity contribution in [1.29, 1.82) is 0 Å². The summed E-state index contributed by atoms with van der Waals surface area (Å²) in [5.74, 6) is 0.619. The zero-order valence-corrected chi connectivity index (χ0v) is 63.4. The first kappa shape index (κ1) is 71.5. The van der Waals surface area contributed by atoms with Gasteiger partial charge in [0.15, 0.2) is 10.6 Å². The molecule has 16 nitrogen and oxygen atoms in total. The SMILES string of the molecule is Brc1cc2ccc3ccccc3n2n1.Brc1nc(-c2ccccc2)cc(-c2ccccc2)n1.CC1(C)OB(B2OC(C)(C)C(C)(C)O2)OC1(C)C.CC1(C)OB(c2cc3ccc4ccccc4n3n2)OC1(C)C.c1ccc(-c2cc(-c3ccccc3)nc(-c3cc4ccc5ccccc5n4n3)n2)cc1. The lowest BCUT2D eigenvalue weighted by Gasteiger charge is -2.32. The Balaban J connectivity index is 0.000000113. The van der Waals surface area contributed by atoms with Gasteiger partial charge in [-0.1, -0.05) is 194 Å². The van der Waals surface area contributed by atoms with Gasteiger partial charge in [-0.05, 0) is 182 Å². The quantitative estimate of drug-likeness (QED) is 0.110. The second-order valence-electron chi connectivity index (χ2n) is 28.9. The second-order valence-corrected chi connectivity index (χ2v) is 30.4. The molecule has 3 saturated heterocycles. The number of halogens is 2. The van der Waals surface area contributed by atoms with E-state index in [4.69, 9.17) is 48.1 Å². The third-order valence-electron chi connectivity index (χ3n) is 20.2. The molecule has 0 radical (unpaired) electrons. The van der Waals surface area contributed by atoms with E-state index in [1.54, 1.807) is 0 Å². The number of hydrogen-bond acceptors (Lipinski definition) is 13. The van der Waals surface area contributed by atoms with E-state index in [-0.39, 0.29) is 33.6 Å². The van der Waals surface area contributed by atoms with Crippen LogP contribution in [0, 0.1) is 0 Å². The molecule has 21 heteroatoms. The van der Waals surface area contributed by atoms with E-state index < -0.39 is 21.1 Å². The van der Waals surface area contributed by atoms with Crippen LogP contribution < -0.4 is 5.59 Å². The van der Waals surface area contributed by atoms with Crippen molar-refractivity contribution in [2.45, 2.75) is 117 Å². The highest BCUT2D eigenvalue weighted by Gasteiger charge is 2.64. The Morgan fingerprint density at radius 1 is 0.288 bits per heavy atom. The Bertz CT molecular complexity index is 5370. The van der Waals surface area contributed by atoms with Crippen molar-refractivity contribution >= 4 is 108 Å². The molecule has 0 spiro atoms. The van der Waals surface area contributed by atoms with Crippen molar-refractivity contribution in [1.82, 2.24) is 48.8 Å². The van der Waals surface area contributed by atoms with Crippen LogP contribution in [0.1, 0.15) is 83.1 Å². The molecule has 3 aliphatic heterocycles. The third-order valence-corrected chi connectivity index (χ3v) is 20.9. The van der Waals surface area contributed by atoms with Crippen LogP contribution >= 0.6 is 31.9 Å². The lowest BCUT2D eigenvalue weighted by molar-refractivity contribution is 0.00578. The number of pyridine rings is 3. The van der Waals surface area contributed by atoms with Crippen LogP contribution in [-0.4, -0.2) is 104 Å². The van der Waals surface area contributed by atoms with Gasteiger partial charge in [0, 0.05) is 38.4 Å². The van der Waals surface area contributed by atoms with Gasteiger partial charge >= 0.3 is 21.1 Å². The molecule has 0 saturated carbocycles. The van der Waals surface area contributed by atoms with Gasteiger partial charge in [-0.25, -0.2) is 33.5 Å². The zero-order chi connectivity index (χ0) is 72.8. The lowest BCUT2D eigenvalue weighted by Crippen LogP contribution is -2.41. The highest BCUT2D eigenvalue weighted by Crippen LogP contribution is 2.44. The van der Waals surface area contributed by atoms with Gasteiger partial charge in [-0.15, -0.1) is 0 Å². The molecule has 520 valence electrons. The fraction of sp³-hybridized carbons (Fsp3) is 0.217. The van der Waals surface area contributed by atoms with Crippen molar-refractivity contribution < 1.29 is 27.9 Å². The van der Waals surface area contributed by atoms with Crippen LogP contribution in [-0.2, 0) is 27.9 Å². The van der Waals surface area contributed by atoms with E-state index in [0.29, 0.717) is 10.6 Å². The monoisotopic (exact) mass is 1500 g/mol. The molecule has 11 heterocycles. The Morgan fingerprint density at radius 3 is 0.981 bits per heavy atom. The van der Waals surface area contributed by atoms with Crippen molar-refractivity contribution in [3.05, 3.63) is 270 Å². The molecule has 104 heavy (non-hydrogen) atoms. The van der Waals surface area contributed by atoms with Crippen LogP contribution in [0.25, 0.3) is 106 Å². The summed E-state index contributed by atoms with van der Waals surface area (Å²) in [6, 6.07) is 88.0. The maximum absolute atomic E-state index is 6.09. The molecule has 0 atom stereocenters. The topological polar surface area (TPSA) is 159 Å². The Hall–Kier alpha value is -9.54. The predicted molar refractivity (Wildman–Crippen MR) is 426 cm³/mol. The van der Waals surface area contributed by atoms with E-state index in [2.05, 4.69) is 172 Å². The van der Waals surface area contributed by atoms with E-state index in [1.807, 2.05) is 233 Å². The molecule has 15 aromatic rings. The molecular weight excluding hydrogens is 1430 g/mol. The molecule has 0 unspecified atom stereocenters. The first-order chi connectivity index (χ1) is 49.8. The van der Waals surface area contributed by atoms with Gasteiger partial charge in [0.25, 0.3) is 0 Å². The van der Waals surface area contributed by atoms with Crippen LogP contribution in [0.4, 0.5) is 0 Å². The molecule has 18 rings (SSSR count). The highest BCUT2D eigenvalue weighted by atomic mass is 79.9. The number of aromatic nitrogens is 10. The highest BCUT2D eigenvalue weighted by molar-refractivity contribution is 9.10. The largest absolute Gasteiger partial charge is 0.516 e. The molecule has 0 N–H and O–H groups in total. The van der Waals surface area contributed by atoms with Gasteiger partial charge in [0.2, 0.25) is 0 Å². The summed E-state index contributed by atoms with van der Waals surface area (Å²) in [6.07, 6.45) is 0. The molecule has 8 aromatic heterocycles. The van der Waals surface area contributed by atoms with E-state index >= 15 is 0 Å². The predicted octanol–water partition coefficient (Wildman–Crippen LogP) is 19.1. The zero-order valence-electron chi connectivity index (χ0n) is 60.2. The minimum absolute atomic E-state index is 0.352. The molecule has 0 bridgehead atoms. The average molecular weight is 1500 g/mol. The van der Waals surface area contributed by atoms with Gasteiger partial charge in [-0.2, -0.15) is 15.3 Å². The molecule has 3 aliphatic rings. The second kappa shape index (κ2) is 28.8. The minimum atomic E-state index is -0.476. The van der Waals surface area contributed by atoms with Crippen LogP contribution in [0.2, 0.25) is 0 Å². The number of hydrogen-bond donors (Lipinski definition) is 0. The summed E-state index contributed by atoms with van der Waals surface area (Å²) in [7, 11) is -1.38. The van der Waals surface area contributed by atoms with Crippen LogP contribution in [0.5, 0.6) is 0 Å². The van der Waals surface area contributed by atoms with Crippen LogP contribution in [0.3, 0.4) is 0 Å². The summed E-state index contributed by atoms with van der Waals surface area (Å²) >= 11 is 6.76. The van der Waals surface area contributed by atoms with E-state index in [1.165, 1.54) is 10.8 Å². The molecule has 3 fully saturated rings. The van der Waals surface area contributed by atoms with Crippen molar-refractivity contribution in [2.24, 2.45) is 0 Å². The number of nitrogens with zero attached hydrogens (tertiary/aromatic N) is 10. The molecule has 7 aromatic carbocycles.